The van der Waals surface area contributed by atoms with Crippen LogP contribution in [-0.4, -0.2) is 11.3 Å². The Labute approximate surface area is 109 Å². The molecule has 0 saturated carbocycles. The van der Waals surface area contributed by atoms with Gasteiger partial charge in [-0.2, -0.15) is 16.4 Å². The Morgan fingerprint density at radius 1 is 1.24 bits per heavy atom. The Balaban J connectivity index is 1.82. The normalized spacial score (nSPS) is 10.4. The summed E-state index contributed by atoms with van der Waals surface area (Å²) < 4.78 is 0. The number of thiocarbonyl (C=S) groups is 1. The van der Waals surface area contributed by atoms with Crippen LogP contribution in [0.4, 0.5) is 5.69 Å². The van der Waals surface area contributed by atoms with Gasteiger partial charge < -0.3 is 5.32 Å². The lowest BCUT2D eigenvalue weighted by atomic mass is 10.3. The second kappa shape index (κ2) is 6.12. The van der Waals surface area contributed by atoms with E-state index in [1.807, 2.05) is 47.2 Å². The van der Waals surface area contributed by atoms with E-state index in [-0.39, 0.29) is 0 Å². The van der Waals surface area contributed by atoms with Gasteiger partial charge in [0.1, 0.15) is 0 Å². The number of nitrogens with one attached hydrogen (secondary N) is 2. The molecule has 2 N–H and O–H groups in total. The summed E-state index contributed by atoms with van der Waals surface area (Å²) in [6.07, 6.45) is 1.73. The second-order valence-electron chi connectivity index (χ2n) is 3.25. The van der Waals surface area contributed by atoms with E-state index in [1.165, 1.54) is 0 Å². The zero-order valence-corrected chi connectivity index (χ0v) is 10.6. The molecular weight excluding hydrogens is 250 g/mol. The highest BCUT2D eigenvalue weighted by Crippen LogP contribution is 2.04. The summed E-state index contributed by atoms with van der Waals surface area (Å²) in [4.78, 5) is 0. The van der Waals surface area contributed by atoms with Crippen molar-refractivity contribution in [1.29, 1.82) is 0 Å². The predicted octanol–water partition coefficient (Wildman–Crippen LogP) is 3.07. The number of para-hydroxylation sites is 1. The molecule has 0 unspecified atom stereocenters. The molecule has 2 rings (SSSR count). The highest BCUT2D eigenvalue weighted by molar-refractivity contribution is 7.80. The summed E-state index contributed by atoms with van der Waals surface area (Å²) in [7, 11) is 0. The van der Waals surface area contributed by atoms with Crippen LogP contribution in [0.15, 0.2) is 52.3 Å². The third kappa shape index (κ3) is 3.97. The third-order valence-electron chi connectivity index (χ3n) is 1.95. The van der Waals surface area contributed by atoms with Gasteiger partial charge in [-0.25, -0.2) is 0 Å². The first-order chi connectivity index (χ1) is 8.34. The molecule has 0 aliphatic carbocycles. The Morgan fingerprint density at radius 2 is 2.06 bits per heavy atom. The average molecular weight is 261 g/mol. The summed E-state index contributed by atoms with van der Waals surface area (Å²) in [5.41, 5.74) is 4.76. The van der Waals surface area contributed by atoms with E-state index in [2.05, 4.69) is 15.8 Å². The molecule has 2 aromatic rings. The molecule has 5 heteroatoms. The minimum Gasteiger partial charge on any atom is -0.331 e. The standard InChI is InChI=1S/C12H11N3S2/c16-12(14-11-4-2-1-3-5-11)15-13-8-10-6-7-17-9-10/h1-9H,(H2,14,15,16). The molecule has 0 amide bonds. The van der Waals surface area contributed by atoms with Gasteiger partial charge in [0.05, 0.1) is 6.21 Å². The number of hydrogen-bond donors (Lipinski definition) is 2. The molecule has 1 aromatic heterocycles. The number of thiophene rings is 1. The monoisotopic (exact) mass is 261 g/mol. The smallest absolute Gasteiger partial charge is 0.191 e. The van der Waals surface area contributed by atoms with Crippen molar-refractivity contribution in [2.75, 3.05) is 5.32 Å². The topological polar surface area (TPSA) is 36.4 Å². The van der Waals surface area contributed by atoms with Crippen LogP contribution in [-0.2, 0) is 0 Å². The lowest BCUT2D eigenvalue weighted by Crippen LogP contribution is -2.23. The number of anilines is 1. The van der Waals surface area contributed by atoms with Crippen LogP contribution in [0.25, 0.3) is 0 Å². The van der Waals surface area contributed by atoms with E-state index in [0.29, 0.717) is 5.11 Å². The van der Waals surface area contributed by atoms with Gasteiger partial charge in [0.2, 0.25) is 0 Å². The molecule has 1 aromatic carbocycles. The Morgan fingerprint density at radius 3 is 2.76 bits per heavy atom. The predicted molar refractivity (Wildman–Crippen MR) is 77.7 cm³/mol. The number of benzene rings is 1. The molecule has 0 radical (unpaired) electrons. The molecule has 0 fully saturated rings. The second-order valence-corrected chi connectivity index (χ2v) is 4.44. The molecule has 0 aliphatic heterocycles. The van der Waals surface area contributed by atoms with Crippen LogP contribution in [0, 0.1) is 0 Å². The number of hydrogen-bond acceptors (Lipinski definition) is 3. The lowest BCUT2D eigenvalue weighted by molar-refractivity contribution is 1.05. The van der Waals surface area contributed by atoms with Gasteiger partial charge >= 0.3 is 0 Å². The Hall–Kier alpha value is -1.72. The maximum absolute atomic E-state index is 5.10. The fourth-order valence-corrected chi connectivity index (χ4v) is 1.98. The van der Waals surface area contributed by atoms with Crippen molar-refractivity contribution in [2.24, 2.45) is 5.10 Å². The van der Waals surface area contributed by atoms with Gasteiger partial charge in [-0.15, -0.1) is 0 Å². The van der Waals surface area contributed by atoms with E-state index in [1.54, 1.807) is 17.6 Å². The highest BCUT2D eigenvalue weighted by atomic mass is 32.1. The van der Waals surface area contributed by atoms with Crippen molar-refractivity contribution >= 4 is 40.6 Å². The van der Waals surface area contributed by atoms with Gasteiger partial charge in [0, 0.05) is 11.3 Å². The van der Waals surface area contributed by atoms with Crippen LogP contribution >= 0.6 is 23.6 Å². The van der Waals surface area contributed by atoms with Crippen molar-refractivity contribution in [2.45, 2.75) is 0 Å². The van der Waals surface area contributed by atoms with Crippen LogP contribution < -0.4 is 10.7 Å². The quantitative estimate of drug-likeness (QED) is 0.506. The van der Waals surface area contributed by atoms with Crippen molar-refractivity contribution in [1.82, 2.24) is 5.43 Å². The van der Waals surface area contributed by atoms with Crippen LogP contribution in [0.2, 0.25) is 0 Å². The first-order valence-electron chi connectivity index (χ1n) is 5.02. The van der Waals surface area contributed by atoms with Gasteiger partial charge in [0.25, 0.3) is 0 Å². The molecule has 0 atom stereocenters. The zero-order chi connectivity index (χ0) is 11.9. The van der Waals surface area contributed by atoms with Crippen molar-refractivity contribution < 1.29 is 0 Å². The number of nitrogens with zero attached hydrogens (tertiary/aromatic N) is 1. The maximum Gasteiger partial charge on any atom is 0.191 e. The minimum atomic E-state index is 0.475. The van der Waals surface area contributed by atoms with Gasteiger partial charge in [-0.05, 0) is 41.2 Å². The molecule has 0 bridgehead atoms. The molecule has 0 spiro atoms. The molecule has 86 valence electrons. The largest absolute Gasteiger partial charge is 0.331 e. The SMILES string of the molecule is S=C(NN=Cc1ccsc1)Nc1ccccc1. The van der Waals surface area contributed by atoms with E-state index in [9.17, 15) is 0 Å². The summed E-state index contributed by atoms with van der Waals surface area (Å²) in [5.74, 6) is 0. The van der Waals surface area contributed by atoms with Crippen LogP contribution in [0.3, 0.4) is 0 Å². The highest BCUT2D eigenvalue weighted by Gasteiger charge is 1.93. The van der Waals surface area contributed by atoms with E-state index < -0.39 is 0 Å². The maximum atomic E-state index is 5.10. The van der Waals surface area contributed by atoms with Gasteiger partial charge in [-0.1, -0.05) is 18.2 Å². The molecule has 1 heterocycles. The summed E-state index contributed by atoms with van der Waals surface area (Å²) in [5, 5.41) is 11.6. The van der Waals surface area contributed by atoms with Crippen molar-refractivity contribution in [3.8, 4) is 0 Å². The number of rotatable bonds is 3. The van der Waals surface area contributed by atoms with E-state index >= 15 is 0 Å². The summed E-state index contributed by atoms with van der Waals surface area (Å²) in [6, 6.07) is 11.7. The lowest BCUT2D eigenvalue weighted by Gasteiger charge is -2.05. The fourth-order valence-electron chi connectivity index (χ4n) is 1.19. The summed E-state index contributed by atoms with van der Waals surface area (Å²) in [6.45, 7) is 0. The van der Waals surface area contributed by atoms with E-state index in [4.69, 9.17) is 12.2 Å². The third-order valence-corrected chi connectivity index (χ3v) is 2.85. The number of hydrazone groups is 1. The van der Waals surface area contributed by atoms with Gasteiger partial charge in [-0.3, -0.25) is 5.43 Å². The van der Waals surface area contributed by atoms with Crippen LogP contribution in [0.1, 0.15) is 5.56 Å². The first-order valence-corrected chi connectivity index (χ1v) is 6.37. The zero-order valence-electron chi connectivity index (χ0n) is 8.96. The Bertz CT molecular complexity index is 492. The first kappa shape index (κ1) is 11.8. The van der Waals surface area contributed by atoms with Gasteiger partial charge in [0.15, 0.2) is 5.11 Å². The average Bonchev–Trinajstić information content (AvgIpc) is 2.83. The fraction of sp³-hybridized carbons (Fsp3) is 0. The molecule has 17 heavy (non-hydrogen) atoms. The van der Waals surface area contributed by atoms with Crippen LogP contribution in [0.5, 0.6) is 0 Å². The van der Waals surface area contributed by atoms with Crippen molar-refractivity contribution in [3.05, 3.63) is 52.7 Å². The summed E-state index contributed by atoms with van der Waals surface area (Å²) >= 11 is 6.73. The molecule has 0 aliphatic rings. The molecule has 3 nitrogen and oxygen atoms in total. The molecular formula is C12H11N3S2. The molecule has 0 saturated heterocycles. The Kier molecular flexibility index (Phi) is 4.23. The minimum absolute atomic E-state index is 0.475. The van der Waals surface area contributed by atoms with E-state index in [0.717, 1.165) is 11.3 Å². The van der Waals surface area contributed by atoms with Crippen molar-refractivity contribution in [3.63, 3.8) is 0 Å².